The van der Waals surface area contributed by atoms with Crippen LogP contribution in [-0.4, -0.2) is 25.4 Å². The molecule has 0 aromatic heterocycles. The van der Waals surface area contributed by atoms with Crippen molar-refractivity contribution in [3.8, 4) is 0 Å². The molecule has 2 rings (SSSR count). The Hall–Kier alpha value is -1.93. The van der Waals surface area contributed by atoms with Crippen molar-refractivity contribution in [2.24, 2.45) is 21.9 Å². The lowest BCUT2D eigenvalue weighted by molar-refractivity contribution is -0.154. The number of nitrogens with two attached hydrogens (primary N) is 1. The molecule has 0 radical (unpaired) electrons. The average Bonchev–Trinajstić information content (AvgIpc) is 2.70. The standard InChI is InChI=1S/C16H22N2O5S/c1-15(2)12(8-9-16(15,3)14(20)21)13(19)18-10-4-6-11(7-5-10)24(17,22)23/h4-7,12H,8-9H2,1-3H3,(H,18,19)(H,20,21)(H2,17,22,23)/t12-,16-/m0/s1. The fourth-order valence-electron chi connectivity index (χ4n) is 3.30. The number of anilines is 1. The predicted octanol–water partition coefficient (Wildman–Crippen LogP) is 1.80. The number of hydrogen-bond acceptors (Lipinski definition) is 4. The van der Waals surface area contributed by atoms with Crippen molar-refractivity contribution in [1.29, 1.82) is 0 Å². The van der Waals surface area contributed by atoms with E-state index in [0.29, 0.717) is 18.5 Å². The van der Waals surface area contributed by atoms with Gasteiger partial charge in [0.2, 0.25) is 15.9 Å². The molecule has 1 fully saturated rings. The van der Waals surface area contributed by atoms with Crippen molar-refractivity contribution in [1.82, 2.24) is 0 Å². The molecule has 0 heterocycles. The molecular formula is C16H22N2O5S. The SMILES string of the molecule is CC1(C)[C@H](C(=O)Nc2ccc(S(N)(=O)=O)cc2)CC[C@@]1(C)C(=O)O. The van der Waals surface area contributed by atoms with Crippen molar-refractivity contribution < 1.29 is 23.1 Å². The van der Waals surface area contributed by atoms with Crippen molar-refractivity contribution in [3.05, 3.63) is 24.3 Å². The van der Waals surface area contributed by atoms with Crippen molar-refractivity contribution >= 4 is 27.6 Å². The van der Waals surface area contributed by atoms with Crippen LogP contribution in [0.25, 0.3) is 0 Å². The van der Waals surface area contributed by atoms with Gasteiger partial charge in [-0.2, -0.15) is 0 Å². The van der Waals surface area contributed by atoms with E-state index >= 15 is 0 Å². The summed E-state index contributed by atoms with van der Waals surface area (Å²) in [4.78, 5) is 24.1. The molecule has 0 unspecified atom stereocenters. The van der Waals surface area contributed by atoms with Crippen molar-refractivity contribution in [2.45, 2.75) is 38.5 Å². The van der Waals surface area contributed by atoms with Crippen molar-refractivity contribution in [3.63, 3.8) is 0 Å². The van der Waals surface area contributed by atoms with E-state index in [4.69, 9.17) is 5.14 Å². The number of aliphatic carboxylic acids is 1. The van der Waals surface area contributed by atoms with E-state index in [0.717, 1.165) is 0 Å². The highest BCUT2D eigenvalue weighted by Gasteiger charge is 2.58. The van der Waals surface area contributed by atoms with Crippen LogP contribution in [0, 0.1) is 16.7 Å². The Morgan fingerprint density at radius 3 is 2.17 bits per heavy atom. The Morgan fingerprint density at radius 2 is 1.75 bits per heavy atom. The molecule has 7 nitrogen and oxygen atoms in total. The van der Waals surface area contributed by atoms with Gasteiger partial charge in [-0.1, -0.05) is 13.8 Å². The fraction of sp³-hybridized carbons (Fsp3) is 0.500. The number of benzene rings is 1. The van der Waals surface area contributed by atoms with Gasteiger partial charge in [0.25, 0.3) is 0 Å². The second-order valence-electron chi connectivity index (χ2n) is 7.01. The minimum atomic E-state index is -3.79. The third-order valence-corrected chi connectivity index (χ3v) is 6.39. The molecule has 0 spiro atoms. The normalized spacial score (nSPS) is 26.1. The first-order valence-electron chi connectivity index (χ1n) is 7.57. The van der Waals surface area contributed by atoms with Gasteiger partial charge in [0.05, 0.1) is 10.3 Å². The molecule has 1 amide bonds. The Kier molecular flexibility index (Phi) is 4.49. The van der Waals surface area contributed by atoms with Crippen LogP contribution < -0.4 is 10.5 Å². The minimum Gasteiger partial charge on any atom is -0.481 e. The quantitative estimate of drug-likeness (QED) is 0.760. The lowest BCUT2D eigenvalue weighted by atomic mass is 9.65. The van der Waals surface area contributed by atoms with Crippen LogP contribution in [0.1, 0.15) is 33.6 Å². The maximum absolute atomic E-state index is 12.6. The summed E-state index contributed by atoms with van der Waals surface area (Å²) in [6.07, 6.45) is 0.911. The molecule has 1 aromatic rings. The summed E-state index contributed by atoms with van der Waals surface area (Å²) in [6.45, 7) is 5.26. The molecule has 24 heavy (non-hydrogen) atoms. The van der Waals surface area contributed by atoms with E-state index in [1.165, 1.54) is 24.3 Å². The molecule has 1 aliphatic rings. The van der Waals surface area contributed by atoms with Crippen LogP contribution in [0.2, 0.25) is 0 Å². The van der Waals surface area contributed by atoms with Gasteiger partial charge in [-0.3, -0.25) is 9.59 Å². The highest BCUT2D eigenvalue weighted by atomic mass is 32.2. The van der Waals surface area contributed by atoms with Gasteiger partial charge in [-0.25, -0.2) is 13.6 Å². The molecule has 0 saturated heterocycles. The number of primary sulfonamides is 1. The minimum absolute atomic E-state index is 0.0415. The number of carbonyl (C=O) groups excluding carboxylic acids is 1. The monoisotopic (exact) mass is 354 g/mol. The smallest absolute Gasteiger partial charge is 0.309 e. The van der Waals surface area contributed by atoms with Gasteiger partial charge in [0.1, 0.15) is 0 Å². The van der Waals surface area contributed by atoms with E-state index in [1.54, 1.807) is 20.8 Å². The molecule has 8 heteroatoms. The van der Waals surface area contributed by atoms with Crippen LogP contribution in [-0.2, 0) is 19.6 Å². The molecule has 2 atom stereocenters. The highest BCUT2D eigenvalue weighted by molar-refractivity contribution is 7.89. The van der Waals surface area contributed by atoms with Crippen LogP contribution in [0.3, 0.4) is 0 Å². The number of sulfonamides is 1. The summed E-state index contributed by atoms with van der Waals surface area (Å²) in [5.74, 6) is -1.62. The van der Waals surface area contributed by atoms with E-state index < -0.39 is 32.7 Å². The molecule has 1 saturated carbocycles. The van der Waals surface area contributed by atoms with Crippen molar-refractivity contribution in [2.75, 3.05) is 5.32 Å². The van der Waals surface area contributed by atoms with Gasteiger partial charge in [0, 0.05) is 11.6 Å². The zero-order valence-electron chi connectivity index (χ0n) is 13.9. The number of carboxylic acid groups (broad SMARTS) is 1. The maximum Gasteiger partial charge on any atom is 0.309 e. The van der Waals surface area contributed by atoms with E-state index in [2.05, 4.69) is 5.32 Å². The number of carboxylic acids is 1. The summed E-state index contributed by atoms with van der Waals surface area (Å²) in [5.41, 5.74) is -1.23. The summed E-state index contributed by atoms with van der Waals surface area (Å²) in [5, 5.41) is 17.3. The number of amides is 1. The molecule has 0 bridgehead atoms. The predicted molar refractivity (Wildman–Crippen MR) is 88.7 cm³/mol. The Morgan fingerprint density at radius 1 is 1.21 bits per heavy atom. The third kappa shape index (κ3) is 3.03. The average molecular weight is 354 g/mol. The molecule has 1 aromatic carbocycles. The summed E-state index contributed by atoms with van der Waals surface area (Å²) in [6, 6.07) is 5.53. The van der Waals surface area contributed by atoms with Crippen LogP contribution >= 0.6 is 0 Å². The molecule has 1 aliphatic carbocycles. The second kappa shape index (κ2) is 5.86. The Labute approximate surface area is 141 Å². The molecule has 0 aliphatic heterocycles. The first-order valence-corrected chi connectivity index (χ1v) is 9.11. The van der Waals surface area contributed by atoms with Gasteiger partial charge in [-0.05, 0) is 49.4 Å². The number of nitrogens with one attached hydrogen (secondary N) is 1. The summed E-state index contributed by atoms with van der Waals surface area (Å²) < 4.78 is 22.5. The second-order valence-corrected chi connectivity index (χ2v) is 8.57. The lowest BCUT2D eigenvalue weighted by Crippen LogP contribution is -2.43. The highest BCUT2D eigenvalue weighted by Crippen LogP contribution is 2.56. The lowest BCUT2D eigenvalue weighted by Gasteiger charge is -2.37. The Bertz CT molecular complexity index is 770. The number of hydrogen-bond donors (Lipinski definition) is 3. The zero-order chi connectivity index (χ0) is 18.3. The molecule has 4 N–H and O–H groups in total. The zero-order valence-corrected chi connectivity index (χ0v) is 14.7. The first-order chi connectivity index (χ1) is 10.9. The van der Waals surface area contributed by atoms with E-state index in [9.17, 15) is 23.1 Å². The Balaban J connectivity index is 2.18. The summed E-state index contributed by atoms with van der Waals surface area (Å²) >= 11 is 0. The first kappa shape index (κ1) is 18.4. The maximum atomic E-state index is 12.6. The fourth-order valence-corrected chi connectivity index (χ4v) is 3.81. The van der Waals surface area contributed by atoms with E-state index in [1.807, 2.05) is 0 Å². The third-order valence-electron chi connectivity index (χ3n) is 5.47. The van der Waals surface area contributed by atoms with Gasteiger partial charge in [0.15, 0.2) is 0 Å². The van der Waals surface area contributed by atoms with Crippen LogP contribution in [0.15, 0.2) is 29.2 Å². The topological polar surface area (TPSA) is 127 Å². The largest absolute Gasteiger partial charge is 0.481 e. The number of carbonyl (C=O) groups is 2. The van der Waals surface area contributed by atoms with E-state index in [-0.39, 0.29) is 10.8 Å². The van der Waals surface area contributed by atoms with Crippen LogP contribution in [0.5, 0.6) is 0 Å². The van der Waals surface area contributed by atoms with Gasteiger partial charge < -0.3 is 10.4 Å². The molecular weight excluding hydrogens is 332 g/mol. The van der Waals surface area contributed by atoms with Crippen LogP contribution in [0.4, 0.5) is 5.69 Å². The number of rotatable bonds is 4. The van der Waals surface area contributed by atoms with Gasteiger partial charge in [-0.15, -0.1) is 0 Å². The molecule has 132 valence electrons. The summed E-state index contributed by atoms with van der Waals surface area (Å²) in [7, 11) is -3.79. The van der Waals surface area contributed by atoms with Gasteiger partial charge >= 0.3 is 5.97 Å².